The average molecular weight is 459 g/mol. The van der Waals surface area contributed by atoms with Gasteiger partial charge in [-0.3, -0.25) is 14.4 Å². The van der Waals surface area contributed by atoms with E-state index in [2.05, 4.69) is 5.32 Å². The van der Waals surface area contributed by atoms with Crippen LogP contribution in [-0.2, 0) is 16.0 Å². The van der Waals surface area contributed by atoms with Crippen LogP contribution in [0.1, 0.15) is 59.3 Å². The predicted molar refractivity (Wildman–Crippen MR) is 117 cm³/mol. The molecule has 0 spiro atoms. The SMILES string of the molecule is C[C@@H](CC(N)=O)N[C@@H](c1ccc(Cl)c(C(=O)c2ccc3c(c2)OCC(=O)C3)c1F)C1CC1. The van der Waals surface area contributed by atoms with Gasteiger partial charge in [0.25, 0.3) is 0 Å². The molecule has 1 heterocycles. The van der Waals surface area contributed by atoms with E-state index in [9.17, 15) is 14.4 Å². The number of halogens is 2. The molecule has 0 aromatic heterocycles. The monoisotopic (exact) mass is 458 g/mol. The van der Waals surface area contributed by atoms with E-state index in [0.717, 1.165) is 12.8 Å². The number of Topliss-reactive ketones (excluding diaryl/α,β-unsaturated/α-hetero) is 1. The van der Waals surface area contributed by atoms with Crippen molar-refractivity contribution in [2.45, 2.75) is 44.7 Å². The number of hydrogen-bond acceptors (Lipinski definition) is 5. The Labute approximate surface area is 190 Å². The van der Waals surface area contributed by atoms with Gasteiger partial charge in [-0.05, 0) is 37.8 Å². The maximum absolute atomic E-state index is 15.7. The first-order chi connectivity index (χ1) is 15.2. The molecule has 2 aliphatic rings. The van der Waals surface area contributed by atoms with E-state index in [1.54, 1.807) is 18.2 Å². The van der Waals surface area contributed by atoms with E-state index >= 15 is 4.39 Å². The molecule has 1 aliphatic heterocycles. The molecule has 6 nitrogen and oxygen atoms in total. The van der Waals surface area contributed by atoms with Crippen molar-refractivity contribution in [1.29, 1.82) is 0 Å². The first kappa shape index (κ1) is 22.4. The van der Waals surface area contributed by atoms with Gasteiger partial charge in [-0.1, -0.05) is 29.8 Å². The van der Waals surface area contributed by atoms with Gasteiger partial charge in [-0.25, -0.2) is 4.39 Å². The Kier molecular flexibility index (Phi) is 6.31. The fourth-order valence-electron chi connectivity index (χ4n) is 4.14. The van der Waals surface area contributed by atoms with Crippen LogP contribution in [0.2, 0.25) is 5.02 Å². The lowest BCUT2D eigenvalue weighted by Gasteiger charge is -2.24. The molecule has 3 N–H and O–H groups in total. The lowest BCUT2D eigenvalue weighted by molar-refractivity contribution is -0.121. The lowest BCUT2D eigenvalue weighted by Crippen LogP contribution is -2.35. The summed E-state index contributed by atoms with van der Waals surface area (Å²) in [6.07, 6.45) is 2.22. The number of carbonyl (C=O) groups is 3. The molecule has 8 heteroatoms. The third kappa shape index (κ3) is 4.69. The molecule has 0 radical (unpaired) electrons. The minimum absolute atomic E-state index is 0.0183. The van der Waals surface area contributed by atoms with Gasteiger partial charge in [0.05, 0.1) is 10.6 Å². The van der Waals surface area contributed by atoms with E-state index in [0.29, 0.717) is 16.9 Å². The molecule has 168 valence electrons. The summed E-state index contributed by atoms with van der Waals surface area (Å²) in [6, 6.07) is 7.24. The van der Waals surface area contributed by atoms with E-state index in [1.807, 2.05) is 6.92 Å². The molecule has 4 rings (SSSR count). The Morgan fingerprint density at radius 1 is 1.28 bits per heavy atom. The summed E-state index contributed by atoms with van der Waals surface area (Å²) in [6.45, 7) is 1.77. The highest BCUT2D eigenvalue weighted by Gasteiger charge is 2.36. The van der Waals surface area contributed by atoms with E-state index < -0.39 is 17.5 Å². The molecular formula is C24H24ClFN2O4. The molecule has 0 unspecified atom stereocenters. The number of carbonyl (C=O) groups excluding carboxylic acids is 3. The van der Waals surface area contributed by atoms with E-state index in [4.69, 9.17) is 22.1 Å². The van der Waals surface area contributed by atoms with Crippen molar-refractivity contribution < 1.29 is 23.5 Å². The number of benzene rings is 2. The summed E-state index contributed by atoms with van der Waals surface area (Å²) in [5.74, 6) is -1.06. The molecule has 2 atom stereocenters. The third-order valence-corrected chi connectivity index (χ3v) is 6.17. The normalized spacial score (nSPS) is 17.3. The Bertz CT molecular complexity index is 1100. The fraction of sp³-hybridized carbons (Fsp3) is 0.375. The van der Waals surface area contributed by atoms with Crippen LogP contribution in [0.5, 0.6) is 5.75 Å². The zero-order valence-corrected chi connectivity index (χ0v) is 18.4. The van der Waals surface area contributed by atoms with Crippen LogP contribution >= 0.6 is 11.6 Å². The Hall–Kier alpha value is -2.77. The maximum Gasteiger partial charge on any atom is 0.218 e. The van der Waals surface area contributed by atoms with Crippen LogP contribution < -0.4 is 15.8 Å². The van der Waals surface area contributed by atoms with Gasteiger partial charge >= 0.3 is 0 Å². The second-order valence-corrected chi connectivity index (χ2v) is 8.94. The van der Waals surface area contributed by atoms with Crippen LogP contribution in [0.15, 0.2) is 30.3 Å². The summed E-state index contributed by atoms with van der Waals surface area (Å²) < 4.78 is 21.1. The van der Waals surface area contributed by atoms with Gasteiger partial charge in [0.1, 0.15) is 18.2 Å². The van der Waals surface area contributed by atoms with Crippen molar-refractivity contribution >= 4 is 29.1 Å². The summed E-state index contributed by atoms with van der Waals surface area (Å²) >= 11 is 6.26. The summed E-state index contributed by atoms with van der Waals surface area (Å²) in [7, 11) is 0. The van der Waals surface area contributed by atoms with Gasteiger partial charge in [-0.2, -0.15) is 0 Å². The average Bonchev–Trinajstić information content (AvgIpc) is 3.57. The zero-order chi connectivity index (χ0) is 23.0. The highest BCUT2D eigenvalue weighted by molar-refractivity contribution is 6.35. The van der Waals surface area contributed by atoms with Crippen LogP contribution in [-0.4, -0.2) is 30.1 Å². The van der Waals surface area contributed by atoms with Gasteiger partial charge in [0, 0.05) is 41.6 Å². The number of fused-ring (bicyclic) bond motifs is 1. The fourth-order valence-corrected chi connectivity index (χ4v) is 4.37. The number of ether oxygens (including phenoxy) is 1. The van der Waals surface area contributed by atoms with Gasteiger partial charge in [0.15, 0.2) is 11.6 Å². The second-order valence-electron chi connectivity index (χ2n) is 8.53. The number of nitrogens with one attached hydrogen (secondary N) is 1. The molecule has 0 bridgehead atoms. The molecule has 1 saturated carbocycles. The second kappa shape index (κ2) is 9.00. The highest BCUT2D eigenvalue weighted by Crippen LogP contribution is 2.43. The molecule has 32 heavy (non-hydrogen) atoms. The van der Waals surface area contributed by atoms with Crippen molar-refractivity contribution in [2.75, 3.05) is 6.61 Å². The Morgan fingerprint density at radius 3 is 2.72 bits per heavy atom. The van der Waals surface area contributed by atoms with Crippen LogP contribution in [0.25, 0.3) is 0 Å². The smallest absolute Gasteiger partial charge is 0.218 e. The quantitative estimate of drug-likeness (QED) is 0.590. The minimum Gasteiger partial charge on any atom is -0.486 e. The van der Waals surface area contributed by atoms with Crippen molar-refractivity contribution in [2.24, 2.45) is 11.7 Å². The summed E-state index contributed by atoms with van der Waals surface area (Å²) in [5.41, 5.74) is 6.36. The van der Waals surface area contributed by atoms with Crippen molar-refractivity contribution in [3.8, 4) is 5.75 Å². The van der Waals surface area contributed by atoms with E-state index in [1.165, 1.54) is 12.1 Å². The van der Waals surface area contributed by atoms with Gasteiger partial charge in [0.2, 0.25) is 5.91 Å². The minimum atomic E-state index is -0.674. The van der Waals surface area contributed by atoms with Gasteiger partial charge < -0.3 is 15.8 Å². The molecule has 1 amide bonds. The molecular weight excluding hydrogens is 435 g/mol. The van der Waals surface area contributed by atoms with E-state index in [-0.39, 0.29) is 59.4 Å². The topological polar surface area (TPSA) is 98.5 Å². The number of primary amides is 1. The van der Waals surface area contributed by atoms with Crippen LogP contribution in [0.4, 0.5) is 4.39 Å². The number of rotatable bonds is 8. The number of nitrogens with two attached hydrogens (primary N) is 1. The zero-order valence-electron chi connectivity index (χ0n) is 17.6. The molecule has 1 aliphatic carbocycles. The molecule has 0 saturated heterocycles. The Morgan fingerprint density at radius 2 is 2.03 bits per heavy atom. The highest BCUT2D eigenvalue weighted by atomic mass is 35.5. The van der Waals surface area contributed by atoms with Gasteiger partial charge in [-0.15, -0.1) is 0 Å². The van der Waals surface area contributed by atoms with Crippen LogP contribution in [0, 0.1) is 11.7 Å². The molecule has 2 aromatic carbocycles. The standard InChI is InChI=1S/C24H24ClFN2O4/c1-12(8-20(27)30)28-23(13-2-3-13)17-6-7-18(25)21(22(17)26)24(31)15-5-4-14-9-16(29)11-32-19(14)10-15/h4-7,10,12-13,23,28H,2-3,8-9,11H2,1H3,(H2,27,30)/t12-,23+/m0/s1. The predicted octanol–water partition coefficient (Wildman–Crippen LogP) is 3.52. The van der Waals surface area contributed by atoms with Crippen molar-refractivity contribution in [3.05, 3.63) is 63.4 Å². The molecule has 1 fully saturated rings. The number of hydrogen-bond donors (Lipinski definition) is 2. The lowest BCUT2D eigenvalue weighted by atomic mass is 9.93. The van der Waals surface area contributed by atoms with Crippen LogP contribution in [0.3, 0.4) is 0 Å². The number of amides is 1. The Balaban J connectivity index is 1.66. The first-order valence-electron chi connectivity index (χ1n) is 10.6. The maximum atomic E-state index is 15.7. The largest absolute Gasteiger partial charge is 0.486 e. The summed E-state index contributed by atoms with van der Waals surface area (Å²) in [5, 5.41) is 3.31. The van der Waals surface area contributed by atoms with Crippen molar-refractivity contribution in [1.82, 2.24) is 5.32 Å². The first-order valence-corrected chi connectivity index (χ1v) is 11.0. The summed E-state index contributed by atoms with van der Waals surface area (Å²) in [4.78, 5) is 36.1. The molecule has 2 aromatic rings. The van der Waals surface area contributed by atoms with Crippen molar-refractivity contribution in [3.63, 3.8) is 0 Å². The number of ketones is 2. The third-order valence-electron chi connectivity index (χ3n) is 5.85.